The van der Waals surface area contributed by atoms with E-state index in [1.165, 1.54) is 5.56 Å². The molecule has 0 bridgehead atoms. The summed E-state index contributed by atoms with van der Waals surface area (Å²) in [6.07, 6.45) is -2.35. The van der Waals surface area contributed by atoms with Crippen molar-refractivity contribution in [2.75, 3.05) is 26.2 Å². The highest BCUT2D eigenvalue weighted by atomic mass is 35.5. The van der Waals surface area contributed by atoms with Gasteiger partial charge in [-0.3, -0.25) is 4.90 Å². The maximum absolute atomic E-state index is 13.4. The maximum Gasteiger partial charge on any atom is 0.258 e. The first-order valence-corrected chi connectivity index (χ1v) is 7.23. The molecule has 1 aliphatic heterocycles. The summed E-state index contributed by atoms with van der Waals surface area (Å²) in [6.45, 7) is 9.30. The van der Waals surface area contributed by atoms with E-state index in [0.29, 0.717) is 13.1 Å². The Bertz CT molecular complexity index is 427. The Morgan fingerprint density at radius 1 is 1.00 bits per heavy atom. The first-order valence-electron chi connectivity index (χ1n) is 7.23. The van der Waals surface area contributed by atoms with E-state index >= 15 is 0 Å². The second-order valence-electron chi connectivity index (χ2n) is 6.44. The molecule has 1 aliphatic rings. The van der Waals surface area contributed by atoms with Gasteiger partial charge in [0.2, 0.25) is 0 Å². The summed E-state index contributed by atoms with van der Waals surface area (Å²) in [5.41, 5.74) is 1.94. The van der Waals surface area contributed by atoms with Gasteiger partial charge >= 0.3 is 0 Å². The summed E-state index contributed by atoms with van der Waals surface area (Å²) in [6, 6.07) is 6.89. The number of hydrogen-bond donors (Lipinski definition) is 1. The molecule has 1 N–H and O–H groups in total. The van der Waals surface area contributed by atoms with Crippen LogP contribution in [-0.4, -0.2) is 37.5 Å². The number of rotatable bonds is 3. The van der Waals surface area contributed by atoms with E-state index in [1.54, 1.807) is 0 Å². The van der Waals surface area contributed by atoms with Crippen LogP contribution in [0.2, 0.25) is 0 Å². The van der Waals surface area contributed by atoms with E-state index in [9.17, 15) is 8.78 Å². The van der Waals surface area contributed by atoms with Crippen molar-refractivity contribution >= 4 is 24.8 Å². The van der Waals surface area contributed by atoms with Crippen molar-refractivity contribution in [2.45, 2.75) is 38.7 Å². The molecule has 2 rings (SSSR count). The predicted octanol–water partition coefficient (Wildman–Crippen LogP) is 4.04. The van der Waals surface area contributed by atoms with Crippen LogP contribution in [0.15, 0.2) is 24.3 Å². The van der Waals surface area contributed by atoms with Crippen LogP contribution in [0.5, 0.6) is 0 Å². The fourth-order valence-electron chi connectivity index (χ4n) is 2.66. The van der Waals surface area contributed by atoms with E-state index in [2.05, 4.69) is 26.1 Å². The van der Waals surface area contributed by atoms with Gasteiger partial charge in [-0.05, 0) is 16.5 Å². The van der Waals surface area contributed by atoms with Gasteiger partial charge in [-0.25, -0.2) is 8.78 Å². The Morgan fingerprint density at radius 3 is 1.91 bits per heavy atom. The number of hydrogen-bond acceptors (Lipinski definition) is 2. The molecule has 0 aliphatic carbocycles. The lowest BCUT2D eigenvalue weighted by atomic mass is 9.86. The monoisotopic (exact) mass is 354 g/mol. The molecule has 0 aromatic heterocycles. The lowest BCUT2D eigenvalue weighted by molar-refractivity contribution is 0.0182. The second-order valence-corrected chi connectivity index (χ2v) is 6.44. The zero-order valence-corrected chi connectivity index (χ0v) is 14.9. The summed E-state index contributed by atoms with van der Waals surface area (Å²) < 4.78 is 26.9. The molecule has 0 spiro atoms. The minimum absolute atomic E-state index is 0. The molecule has 1 aromatic rings. The molecular formula is C16H26Cl2F2N2. The highest BCUT2D eigenvalue weighted by Gasteiger charge is 2.30. The maximum atomic E-state index is 13.4. The molecule has 22 heavy (non-hydrogen) atoms. The highest BCUT2D eigenvalue weighted by molar-refractivity contribution is 5.85. The second kappa shape index (κ2) is 9.02. The number of benzene rings is 1. The van der Waals surface area contributed by atoms with Crippen LogP contribution in [0, 0.1) is 0 Å². The molecular weight excluding hydrogens is 329 g/mol. The van der Waals surface area contributed by atoms with Gasteiger partial charge in [0, 0.05) is 26.2 Å². The fraction of sp³-hybridized carbons (Fsp3) is 0.625. The molecule has 128 valence electrons. The Morgan fingerprint density at radius 2 is 1.50 bits per heavy atom. The zero-order chi connectivity index (χ0) is 14.8. The van der Waals surface area contributed by atoms with Gasteiger partial charge < -0.3 is 5.32 Å². The quantitative estimate of drug-likeness (QED) is 0.880. The summed E-state index contributed by atoms with van der Waals surface area (Å²) in [4.78, 5) is 1.88. The van der Waals surface area contributed by atoms with E-state index in [-0.39, 0.29) is 30.2 Å². The molecule has 1 atom stereocenters. The van der Waals surface area contributed by atoms with Crippen LogP contribution in [0.25, 0.3) is 0 Å². The average Bonchev–Trinajstić information content (AvgIpc) is 2.39. The van der Waals surface area contributed by atoms with Crippen molar-refractivity contribution in [2.24, 2.45) is 0 Å². The van der Waals surface area contributed by atoms with E-state index in [1.807, 2.05) is 29.2 Å². The van der Waals surface area contributed by atoms with Crippen LogP contribution >= 0.6 is 24.8 Å². The third-order valence-electron chi connectivity index (χ3n) is 3.90. The first-order chi connectivity index (χ1) is 9.39. The Labute approximate surface area is 144 Å². The molecule has 0 unspecified atom stereocenters. The fourth-order valence-corrected chi connectivity index (χ4v) is 2.66. The van der Waals surface area contributed by atoms with Crippen LogP contribution in [0.4, 0.5) is 8.78 Å². The van der Waals surface area contributed by atoms with Crippen LogP contribution < -0.4 is 5.32 Å². The summed E-state index contributed by atoms with van der Waals surface area (Å²) in [5.74, 6) is 0. The van der Waals surface area contributed by atoms with Crippen LogP contribution in [-0.2, 0) is 5.41 Å². The topological polar surface area (TPSA) is 15.3 Å². The third-order valence-corrected chi connectivity index (χ3v) is 3.90. The molecule has 0 radical (unpaired) electrons. The SMILES string of the molecule is CC(C)(C)c1ccc([C@@H](C(F)F)N2CCNCC2)cc1.Cl.Cl. The van der Waals surface area contributed by atoms with E-state index < -0.39 is 12.5 Å². The van der Waals surface area contributed by atoms with Gasteiger partial charge in [-0.15, -0.1) is 24.8 Å². The van der Waals surface area contributed by atoms with Crippen molar-refractivity contribution in [3.8, 4) is 0 Å². The predicted molar refractivity (Wildman–Crippen MR) is 92.8 cm³/mol. The molecule has 1 aromatic carbocycles. The van der Waals surface area contributed by atoms with E-state index in [0.717, 1.165) is 18.7 Å². The minimum atomic E-state index is -2.35. The standard InChI is InChI=1S/C16H24F2N2.2ClH/c1-16(2,3)13-6-4-12(5-7-13)14(15(17)18)20-10-8-19-9-11-20;;/h4-7,14-15,19H,8-11H2,1-3H3;2*1H/t14-;;/m0../s1. The third kappa shape index (κ3) is 5.34. The molecule has 0 amide bonds. The Balaban J connectivity index is 0.00000220. The van der Waals surface area contributed by atoms with Crippen LogP contribution in [0.1, 0.15) is 37.9 Å². The largest absolute Gasteiger partial charge is 0.314 e. The van der Waals surface area contributed by atoms with Gasteiger partial charge in [0.05, 0.1) is 6.04 Å². The highest BCUT2D eigenvalue weighted by Crippen LogP contribution is 2.30. The normalized spacial score (nSPS) is 17.5. The lowest BCUT2D eigenvalue weighted by Gasteiger charge is -2.35. The van der Waals surface area contributed by atoms with Crippen molar-refractivity contribution in [1.82, 2.24) is 10.2 Å². The average molecular weight is 355 g/mol. The minimum Gasteiger partial charge on any atom is -0.314 e. The number of piperazine rings is 1. The van der Waals surface area contributed by atoms with Crippen molar-refractivity contribution in [3.63, 3.8) is 0 Å². The molecule has 1 fully saturated rings. The molecule has 1 saturated heterocycles. The summed E-state index contributed by atoms with van der Waals surface area (Å²) in [7, 11) is 0. The van der Waals surface area contributed by atoms with Gasteiger partial charge in [0.15, 0.2) is 0 Å². The molecule has 6 heteroatoms. The Kier molecular flexibility index (Phi) is 8.85. The van der Waals surface area contributed by atoms with Gasteiger partial charge in [-0.1, -0.05) is 45.0 Å². The summed E-state index contributed by atoms with van der Waals surface area (Å²) in [5, 5.41) is 3.20. The summed E-state index contributed by atoms with van der Waals surface area (Å²) >= 11 is 0. The number of nitrogens with one attached hydrogen (secondary N) is 1. The van der Waals surface area contributed by atoms with E-state index in [4.69, 9.17) is 0 Å². The van der Waals surface area contributed by atoms with Crippen LogP contribution in [0.3, 0.4) is 0 Å². The smallest absolute Gasteiger partial charge is 0.258 e. The number of alkyl halides is 2. The van der Waals surface area contributed by atoms with Gasteiger partial charge in [-0.2, -0.15) is 0 Å². The van der Waals surface area contributed by atoms with Gasteiger partial charge in [0.1, 0.15) is 0 Å². The van der Waals surface area contributed by atoms with Gasteiger partial charge in [0.25, 0.3) is 6.43 Å². The number of halogens is 4. The van der Waals surface area contributed by atoms with Crippen molar-refractivity contribution in [3.05, 3.63) is 35.4 Å². The molecule has 0 saturated carbocycles. The van der Waals surface area contributed by atoms with Crippen molar-refractivity contribution in [1.29, 1.82) is 0 Å². The first kappa shape index (κ1) is 21.6. The number of nitrogens with zero attached hydrogens (tertiary/aromatic N) is 1. The van der Waals surface area contributed by atoms with Crippen molar-refractivity contribution < 1.29 is 8.78 Å². The lowest BCUT2D eigenvalue weighted by Crippen LogP contribution is -2.46. The zero-order valence-electron chi connectivity index (χ0n) is 13.3. The molecule has 2 nitrogen and oxygen atoms in total. The Hall–Kier alpha value is -0.420. The molecule has 1 heterocycles.